The molecule has 0 radical (unpaired) electrons. The van der Waals surface area contributed by atoms with Gasteiger partial charge in [-0.1, -0.05) is 13.0 Å². The van der Waals surface area contributed by atoms with E-state index in [9.17, 15) is 4.79 Å². The van der Waals surface area contributed by atoms with Gasteiger partial charge in [0, 0.05) is 13.1 Å². The summed E-state index contributed by atoms with van der Waals surface area (Å²) >= 11 is 3.24. The van der Waals surface area contributed by atoms with Crippen LogP contribution >= 0.6 is 15.9 Å². The number of H-pyrrole nitrogens is 1. The van der Waals surface area contributed by atoms with Crippen LogP contribution in [0.5, 0.6) is 0 Å². The van der Waals surface area contributed by atoms with Crippen molar-refractivity contribution in [2.24, 2.45) is 0 Å². The summed E-state index contributed by atoms with van der Waals surface area (Å²) < 4.78 is 0.473. The van der Waals surface area contributed by atoms with E-state index in [2.05, 4.69) is 39.4 Å². The minimum absolute atomic E-state index is 0.162. The monoisotopic (exact) mass is 271 g/mol. The molecule has 1 N–H and O–H groups in total. The molecule has 1 heterocycles. The molecule has 0 unspecified atom stereocenters. The molecule has 15 heavy (non-hydrogen) atoms. The molecule has 0 saturated heterocycles. The van der Waals surface area contributed by atoms with Crippen molar-refractivity contribution < 1.29 is 0 Å². The second-order valence-corrected chi connectivity index (χ2v) is 3.90. The van der Waals surface area contributed by atoms with E-state index in [1.807, 2.05) is 4.90 Å². The second kappa shape index (κ2) is 5.70. The number of halogens is 1. The summed E-state index contributed by atoms with van der Waals surface area (Å²) in [5, 5.41) is 0. The summed E-state index contributed by atoms with van der Waals surface area (Å²) in [6, 6.07) is 0. The largest absolute Gasteiger partial charge is 0.352 e. The molecule has 1 aromatic heterocycles. The summed E-state index contributed by atoms with van der Waals surface area (Å²) in [7, 11) is 0. The van der Waals surface area contributed by atoms with Crippen molar-refractivity contribution in [2.45, 2.75) is 13.3 Å². The van der Waals surface area contributed by atoms with Gasteiger partial charge in [-0.3, -0.25) is 4.79 Å². The summed E-state index contributed by atoms with van der Waals surface area (Å²) in [4.78, 5) is 20.0. The van der Waals surface area contributed by atoms with Crippen LogP contribution in [-0.2, 0) is 0 Å². The highest BCUT2D eigenvalue weighted by atomic mass is 79.9. The zero-order chi connectivity index (χ0) is 11.3. The lowest BCUT2D eigenvalue weighted by atomic mass is 10.4. The van der Waals surface area contributed by atoms with E-state index in [0.29, 0.717) is 16.8 Å². The highest BCUT2D eigenvalue weighted by Crippen LogP contribution is 2.18. The van der Waals surface area contributed by atoms with Gasteiger partial charge in [-0.2, -0.15) is 0 Å². The first-order chi connectivity index (χ1) is 7.20. The van der Waals surface area contributed by atoms with Gasteiger partial charge < -0.3 is 9.88 Å². The standard InChI is InChI=1S/C10H14BrN3O/c1-3-5-14(6-4-2)9-8(11)10(15)13-7-12-9/h3,7H,1,4-6H2,2H3,(H,12,13,15). The van der Waals surface area contributed by atoms with Crippen molar-refractivity contribution in [3.63, 3.8) is 0 Å². The predicted octanol–water partition coefficient (Wildman–Crippen LogP) is 1.93. The topological polar surface area (TPSA) is 49.0 Å². The molecule has 0 amide bonds. The molecule has 1 rings (SSSR count). The van der Waals surface area contributed by atoms with Crippen LogP contribution in [-0.4, -0.2) is 23.1 Å². The van der Waals surface area contributed by atoms with Crippen molar-refractivity contribution in [2.75, 3.05) is 18.0 Å². The van der Waals surface area contributed by atoms with E-state index in [-0.39, 0.29) is 5.56 Å². The van der Waals surface area contributed by atoms with Crippen molar-refractivity contribution >= 4 is 21.7 Å². The Bertz CT molecular complexity index is 388. The quantitative estimate of drug-likeness (QED) is 0.833. The molecular formula is C10H14BrN3O. The fourth-order valence-electron chi connectivity index (χ4n) is 1.30. The van der Waals surface area contributed by atoms with Crippen molar-refractivity contribution in [1.82, 2.24) is 9.97 Å². The van der Waals surface area contributed by atoms with Gasteiger partial charge in [0.15, 0.2) is 5.82 Å². The third kappa shape index (κ3) is 2.92. The van der Waals surface area contributed by atoms with E-state index in [1.54, 1.807) is 6.08 Å². The molecule has 0 aliphatic heterocycles. The Morgan fingerprint density at radius 3 is 3.07 bits per heavy atom. The molecule has 82 valence electrons. The SMILES string of the molecule is C=CCN(CCC)c1nc[nH]c(=O)c1Br. The molecule has 0 spiro atoms. The zero-order valence-corrected chi connectivity index (χ0v) is 10.2. The third-order valence-electron chi connectivity index (χ3n) is 1.92. The van der Waals surface area contributed by atoms with Gasteiger partial charge in [-0.05, 0) is 22.4 Å². The molecule has 0 atom stereocenters. The number of hydrogen-bond donors (Lipinski definition) is 1. The van der Waals surface area contributed by atoms with E-state index in [0.717, 1.165) is 13.0 Å². The average Bonchev–Trinajstić information content (AvgIpc) is 2.22. The number of nitrogens with zero attached hydrogens (tertiary/aromatic N) is 2. The minimum Gasteiger partial charge on any atom is -0.352 e. The summed E-state index contributed by atoms with van der Waals surface area (Å²) in [5.41, 5.74) is -0.162. The van der Waals surface area contributed by atoms with E-state index in [1.165, 1.54) is 6.33 Å². The molecule has 0 aromatic carbocycles. The molecule has 0 bridgehead atoms. The smallest absolute Gasteiger partial charge is 0.267 e. The number of rotatable bonds is 5. The highest BCUT2D eigenvalue weighted by molar-refractivity contribution is 9.10. The first-order valence-corrected chi connectivity index (χ1v) is 5.59. The molecule has 1 aromatic rings. The van der Waals surface area contributed by atoms with Gasteiger partial charge >= 0.3 is 0 Å². The van der Waals surface area contributed by atoms with Crippen molar-refractivity contribution in [3.8, 4) is 0 Å². The fraction of sp³-hybridized carbons (Fsp3) is 0.400. The average molecular weight is 272 g/mol. The van der Waals surface area contributed by atoms with Crippen LogP contribution < -0.4 is 10.5 Å². The number of anilines is 1. The molecule has 0 aliphatic rings. The van der Waals surface area contributed by atoms with E-state index < -0.39 is 0 Å². The van der Waals surface area contributed by atoms with Crippen molar-refractivity contribution in [3.05, 3.63) is 33.8 Å². The molecule has 0 aliphatic carbocycles. The Morgan fingerprint density at radius 2 is 2.47 bits per heavy atom. The van der Waals surface area contributed by atoms with Crippen LogP contribution in [0.15, 0.2) is 28.2 Å². The number of hydrogen-bond acceptors (Lipinski definition) is 3. The van der Waals surface area contributed by atoms with Gasteiger partial charge in [-0.15, -0.1) is 6.58 Å². The maximum atomic E-state index is 11.4. The summed E-state index contributed by atoms with van der Waals surface area (Å²) in [6.45, 7) is 7.30. The van der Waals surface area contributed by atoms with Gasteiger partial charge in [0.1, 0.15) is 4.47 Å². The second-order valence-electron chi connectivity index (χ2n) is 3.10. The van der Waals surface area contributed by atoms with Gasteiger partial charge in [0.25, 0.3) is 5.56 Å². The van der Waals surface area contributed by atoms with Gasteiger partial charge in [0.2, 0.25) is 0 Å². The Balaban J connectivity index is 3.04. The van der Waals surface area contributed by atoms with E-state index in [4.69, 9.17) is 0 Å². The Hall–Kier alpha value is -1.10. The minimum atomic E-state index is -0.162. The molecule has 4 nitrogen and oxygen atoms in total. The lowest BCUT2D eigenvalue weighted by Crippen LogP contribution is -2.27. The zero-order valence-electron chi connectivity index (χ0n) is 8.66. The lowest BCUT2D eigenvalue weighted by molar-refractivity contribution is 0.795. The van der Waals surface area contributed by atoms with E-state index >= 15 is 0 Å². The highest BCUT2D eigenvalue weighted by Gasteiger charge is 2.11. The van der Waals surface area contributed by atoms with Gasteiger partial charge in [0.05, 0.1) is 6.33 Å². The number of nitrogens with one attached hydrogen (secondary N) is 1. The summed E-state index contributed by atoms with van der Waals surface area (Å²) in [5.74, 6) is 0.667. The Labute approximate surface area is 97.2 Å². The first-order valence-electron chi connectivity index (χ1n) is 4.79. The van der Waals surface area contributed by atoms with Crippen LogP contribution in [0.3, 0.4) is 0 Å². The summed E-state index contributed by atoms with van der Waals surface area (Å²) in [6.07, 6.45) is 4.20. The molecule has 0 saturated carbocycles. The fourth-order valence-corrected chi connectivity index (χ4v) is 1.77. The third-order valence-corrected chi connectivity index (χ3v) is 2.64. The maximum absolute atomic E-state index is 11.4. The molecular weight excluding hydrogens is 258 g/mol. The number of aromatic amines is 1. The van der Waals surface area contributed by atoms with Crippen LogP contribution in [0.4, 0.5) is 5.82 Å². The molecule has 5 heteroatoms. The van der Waals surface area contributed by atoms with Gasteiger partial charge in [-0.25, -0.2) is 4.98 Å². The Morgan fingerprint density at radius 1 is 1.73 bits per heavy atom. The molecule has 0 fully saturated rings. The normalized spacial score (nSPS) is 10.0. The first kappa shape index (κ1) is 12.0. The Kier molecular flexibility index (Phi) is 4.55. The number of aromatic nitrogens is 2. The maximum Gasteiger partial charge on any atom is 0.267 e. The van der Waals surface area contributed by atoms with Crippen LogP contribution in [0.2, 0.25) is 0 Å². The predicted molar refractivity (Wildman–Crippen MR) is 65.3 cm³/mol. The van der Waals surface area contributed by atoms with Crippen molar-refractivity contribution in [1.29, 1.82) is 0 Å². The van der Waals surface area contributed by atoms with Crippen LogP contribution in [0, 0.1) is 0 Å². The van der Waals surface area contributed by atoms with Crippen LogP contribution in [0.25, 0.3) is 0 Å². The van der Waals surface area contributed by atoms with Crippen LogP contribution in [0.1, 0.15) is 13.3 Å². The lowest BCUT2D eigenvalue weighted by Gasteiger charge is -2.21.